The van der Waals surface area contributed by atoms with Gasteiger partial charge in [0.2, 0.25) is 0 Å². The van der Waals surface area contributed by atoms with E-state index in [1.807, 2.05) is 0 Å². The van der Waals surface area contributed by atoms with Crippen molar-refractivity contribution in [1.82, 2.24) is 10.3 Å². The van der Waals surface area contributed by atoms with Crippen molar-refractivity contribution in [2.45, 2.75) is 45.4 Å². The Morgan fingerprint density at radius 2 is 2.44 bits per heavy atom. The van der Waals surface area contributed by atoms with Crippen molar-refractivity contribution < 1.29 is 9.84 Å². The quantitative estimate of drug-likeness (QED) is 0.831. The van der Waals surface area contributed by atoms with E-state index in [-0.39, 0.29) is 18.8 Å². The number of nitrogens with one attached hydrogen (secondary N) is 1. The lowest BCUT2D eigenvalue weighted by atomic mass is 10.1. The molecular weight excluding hydrogens is 248 g/mol. The predicted octanol–water partition coefficient (Wildman–Crippen LogP) is 2.10. The summed E-state index contributed by atoms with van der Waals surface area (Å²) in [5.74, 6) is 0.422. The van der Waals surface area contributed by atoms with Gasteiger partial charge >= 0.3 is 0 Å². The summed E-state index contributed by atoms with van der Waals surface area (Å²) in [5, 5.41) is 15.8. The Kier molecular flexibility index (Phi) is 5.12. The number of hydrogen-bond acceptors (Lipinski definition) is 5. The van der Waals surface area contributed by atoms with E-state index in [9.17, 15) is 5.11 Å². The number of hydrogen-bond donors (Lipinski definition) is 2. The summed E-state index contributed by atoms with van der Waals surface area (Å²) >= 11 is 1.68. The van der Waals surface area contributed by atoms with Gasteiger partial charge in [0.05, 0.1) is 12.3 Å². The van der Waals surface area contributed by atoms with Crippen molar-refractivity contribution in [1.29, 1.82) is 0 Å². The number of aliphatic hydroxyl groups is 1. The van der Waals surface area contributed by atoms with Gasteiger partial charge in [-0.3, -0.25) is 0 Å². The average molecular weight is 270 g/mol. The number of thiazole rings is 1. The highest BCUT2D eigenvalue weighted by Gasteiger charge is 2.21. The molecule has 2 rings (SSSR count). The predicted molar refractivity (Wildman–Crippen MR) is 72.6 cm³/mol. The SMILES string of the molecule is CC(C)[C@@H](CO)NCc1csc([C@@H]2CCCO2)n1. The van der Waals surface area contributed by atoms with Gasteiger partial charge in [0.25, 0.3) is 0 Å². The summed E-state index contributed by atoms with van der Waals surface area (Å²) in [7, 11) is 0. The summed E-state index contributed by atoms with van der Waals surface area (Å²) in [5.41, 5.74) is 1.05. The Labute approximate surface area is 112 Å². The van der Waals surface area contributed by atoms with Crippen LogP contribution in [0.4, 0.5) is 0 Å². The number of nitrogens with zero attached hydrogens (tertiary/aromatic N) is 1. The van der Waals surface area contributed by atoms with Crippen LogP contribution in [0.3, 0.4) is 0 Å². The smallest absolute Gasteiger partial charge is 0.122 e. The first kappa shape index (κ1) is 13.9. The first-order valence-electron chi connectivity index (χ1n) is 6.61. The molecule has 1 saturated heterocycles. The van der Waals surface area contributed by atoms with E-state index in [2.05, 4.69) is 29.5 Å². The van der Waals surface area contributed by atoms with Crippen molar-refractivity contribution in [2.75, 3.05) is 13.2 Å². The van der Waals surface area contributed by atoms with Crippen molar-refractivity contribution in [3.05, 3.63) is 16.1 Å². The van der Waals surface area contributed by atoms with Crippen LogP contribution in [-0.2, 0) is 11.3 Å². The second-order valence-corrected chi connectivity index (χ2v) is 5.98. The molecule has 0 unspecified atom stereocenters. The van der Waals surface area contributed by atoms with Crippen LogP contribution in [0, 0.1) is 5.92 Å². The number of aromatic nitrogens is 1. The Morgan fingerprint density at radius 1 is 1.61 bits per heavy atom. The van der Waals surface area contributed by atoms with Gasteiger partial charge in [0.1, 0.15) is 11.1 Å². The minimum Gasteiger partial charge on any atom is -0.395 e. The lowest BCUT2D eigenvalue weighted by molar-refractivity contribution is 0.111. The lowest BCUT2D eigenvalue weighted by Gasteiger charge is -2.19. The summed E-state index contributed by atoms with van der Waals surface area (Å²) in [4.78, 5) is 4.61. The third kappa shape index (κ3) is 3.51. The van der Waals surface area contributed by atoms with Gasteiger partial charge in [0, 0.05) is 24.6 Å². The molecule has 0 radical (unpaired) electrons. The monoisotopic (exact) mass is 270 g/mol. The Hall–Kier alpha value is -0.490. The number of ether oxygens (including phenoxy) is 1. The molecule has 0 bridgehead atoms. The molecule has 4 nitrogen and oxygen atoms in total. The topological polar surface area (TPSA) is 54.4 Å². The number of rotatable bonds is 6. The minimum atomic E-state index is 0.137. The molecule has 0 aliphatic carbocycles. The van der Waals surface area contributed by atoms with Crippen LogP contribution in [0.15, 0.2) is 5.38 Å². The third-order valence-electron chi connectivity index (χ3n) is 3.32. The average Bonchev–Trinajstić information content (AvgIpc) is 2.99. The summed E-state index contributed by atoms with van der Waals surface area (Å²) < 4.78 is 5.62. The van der Waals surface area contributed by atoms with E-state index >= 15 is 0 Å². The molecule has 0 spiro atoms. The van der Waals surface area contributed by atoms with Gasteiger partial charge in [-0.2, -0.15) is 0 Å². The largest absolute Gasteiger partial charge is 0.395 e. The Bertz CT molecular complexity index is 362. The first-order valence-corrected chi connectivity index (χ1v) is 7.48. The van der Waals surface area contributed by atoms with Crippen LogP contribution in [-0.4, -0.2) is 29.3 Å². The maximum Gasteiger partial charge on any atom is 0.122 e. The maximum absolute atomic E-state index is 9.25. The minimum absolute atomic E-state index is 0.137. The Balaban J connectivity index is 1.86. The fourth-order valence-corrected chi connectivity index (χ4v) is 2.97. The van der Waals surface area contributed by atoms with E-state index < -0.39 is 0 Å². The molecule has 18 heavy (non-hydrogen) atoms. The van der Waals surface area contributed by atoms with E-state index in [0.717, 1.165) is 30.2 Å². The summed E-state index contributed by atoms with van der Waals surface area (Å²) in [6.45, 7) is 5.95. The molecule has 2 atom stereocenters. The molecular formula is C13H22N2O2S. The molecule has 1 aliphatic heterocycles. The van der Waals surface area contributed by atoms with Crippen LogP contribution in [0.1, 0.15) is 43.5 Å². The fourth-order valence-electron chi connectivity index (χ4n) is 2.07. The Morgan fingerprint density at radius 3 is 3.06 bits per heavy atom. The van der Waals surface area contributed by atoms with Crippen LogP contribution in [0.2, 0.25) is 0 Å². The second-order valence-electron chi connectivity index (χ2n) is 5.09. The molecule has 0 aromatic carbocycles. The van der Waals surface area contributed by atoms with Gasteiger partial charge < -0.3 is 15.2 Å². The highest BCUT2D eigenvalue weighted by molar-refractivity contribution is 7.09. The zero-order valence-electron chi connectivity index (χ0n) is 11.1. The molecule has 5 heteroatoms. The van der Waals surface area contributed by atoms with E-state index in [0.29, 0.717) is 12.5 Å². The standard InChI is InChI=1S/C13H22N2O2S/c1-9(2)11(7-16)14-6-10-8-18-13(15-10)12-4-3-5-17-12/h8-9,11-12,14,16H,3-7H2,1-2H3/t11-,12+/m1/s1. The summed E-state index contributed by atoms with van der Waals surface area (Å²) in [6.07, 6.45) is 2.44. The molecule has 1 aromatic rings. The summed E-state index contributed by atoms with van der Waals surface area (Å²) in [6, 6.07) is 0.137. The van der Waals surface area contributed by atoms with Crippen molar-refractivity contribution in [3.8, 4) is 0 Å². The highest BCUT2D eigenvalue weighted by Crippen LogP contribution is 2.30. The zero-order valence-corrected chi connectivity index (χ0v) is 11.9. The van der Waals surface area contributed by atoms with Crippen molar-refractivity contribution in [3.63, 3.8) is 0 Å². The van der Waals surface area contributed by atoms with E-state index in [1.54, 1.807) is 11.3 Å². The van der Waals surface area contributed by atoms with Gasteiger partial charge in [0.15, 0.2) is 0 Å². The normalized spacial score (nSPS) is 21.7. The van der Waals surface area contributed by atoms with Gasteiger partial charge in [-0.1, -0.05) is 13.8 Å². The van der Waals surface area contributed by atoms with Crippen LogP contribution in [0.25, 0.3) is 0 Å². The van der Waals surface area contributed by atoms with Crippen molar-refractivity contribution in [2.24, 2.45) is 5.92 Å². The van der Waals surface area contributed by atoms with Crippen LogP contribution >= 0.6 is 11.3 Å². The van der Waals surface area contributed by atoms with Crippen LogP contribution < -0.4 is 5.32 Å². The molecule has 1 aliphatic rings. The molecule has 102 valence electrons. The first-order chi connectivity index (χ1) is 8.70. The van der Waals surface area contributed by atoms with Gasteiger partial charge in [-0.15, -0.1) is 11.3 Å². The molecule has 1 aromatic heterocycles. The van der Waals surface area contributed by atoms with Gasteiger partial charge in [-0.05, 0) is 18.8 Å². The lowest BCUT2D eigenvalue weighted by Crippen LogP contribution is -2.36. The molecule has 0 saturated carbocycles. The molecule has 1 fully saturated rings. The van der Waals surface area contributed by atoms with Crippen LogP contribution in [0.5, 0.6) is 0 Å². The molecule has 0 amide bonds. The van der Waals surface area contributed by atoms with Gasteiger partial charge in [-0.25, -0.2) is 4.98 Å². The second kappa shape index (κ2) is 6.61. The van der Waals surface area contributed by atoms with E-state index in [1.165, 1.54) is 0 Å². The zero-order chi connectivity index (χ0) is 13.0. The third-order valence-corrected chi connectivity index (χ3v) is 4.31. The molecule has 2 N–H and O–H groups in total. The fraction of sp³-hybridized carbons (Fsp3) is 0.769. The van der Waals surface area contributed by atoms with E-state index in [4.69, 9.17) is 4.74 Å². The molecule has 2 heterocycles. The van der Waals surface area contributed by atoms with Crippen molar-refractivity contribution >= 4 is 11.3 Å². The highest BCUT2D eigenvalue weighted by atomic mass is 32.1. The maximum atomic E-state index is 9.25. The number of aliphatic hydroxyl groups excluding tert-OH is 1.